The van der Waals surface area contributed by atoms with Crippen LogP contribution in [0.3, 0.4) is 0 Å². The number of rotatable bonds is 5. The molecule has 0 saturated heterocycles. The van der Waals surface area contributed by atoms with Gasteiger partial charge in [-0.2, -0.15) is 0 Å². The van der Waals surface area contributed by atoms with E-state index >= 15 is 0 Å². The molecular weight excluding hydrogens is 671 g/mol. The van der Waals surface area contributed by atoms with E-state index < -0.39 is 0 Å². The average molecular weight is 706 g/mol. The Bertz CT molecular complexity index is 3080. The summed E-state index contributed by atoms with van der Waals surface area (Å²) in [6.45, 7) is 0. The maximum absolute atomic E-state index is 6.60. The minimum Gasteiger partial charge on any atom is -0.456 e. The van der Waals surface area contributed by atoms with E-state index in [0.717, 1.165) is 63.3 Å². The smallest absolute Gasteiger partial charge is 0.164 e. The molecule has 0 aliphatic heterocycles. The van der Waals surface area contributed by atoms with E-state index in [1.807, 2.05) is 0 Å². The van der Waals surface area contributed by atoms with Crippen molar-refractivity contribution in [2.75, 3.05) is 0 Å². The lowest BCUT2D eigenvalue weighted by Gasteiger charge is -2.19. The van der Waals surface area contributed by atoms with Gasteiger partial charge in [0.05, 0.1) is 0 Å². The Morgan fingerprint density at radius 3 is 2.16 bits per heavy atom. The van der Waals surface area contributed by atoms with Crippen molar-refractivity contribution in [1.29, 1.82) is 0 Å². The maximum atomic E-state index is 6.60. The Kier molecular flexibility index (Phi) is 7.41. The van der Waals surface area contributed by atoms with Crippen molar-refractivity contribution in [2.24, 2.45) is 0 Å². The predicted octanol–water partition coefficient (Wildman–Crippen LogP) is 13.0. The minimum atomic E-state index is 0.204. The summed E-state index contributed by atoms with van der Waals surface area (Å²) >= 11 is 0. The van der Waals surface area contributed by atoms with Crippen molar-refractivity contribution in [2.45, 2.75) is 25.2 Å². The molecule has 11 rings (SSSR count). The van der Waals surface area contributed by atoms with Gasteiger partial charge in [-0.1, -0.05) is 146 Å². The number of fused-ring (bicyclic) bond motifs is 7. The first-order valence-corrected chi connectivity index (χ1v) is 19.1. The monoisotopic (exact) mass is 705 g/mol. The number of hydrogen-bond acceptors (Lipinski definition) is 4. The van der Waals surface area contributed by atoms with Crippen molar-refractivity contribution in [3.63, 3.8) is 0 Å². The summed E-state index contributed by atoms with van der Waals surface area (Å²) in [5.74, 6) is 2.23. The summed E-state index contributed by atoms with van der Waals surface area (Å²) in [5.41, 5.74) is 11.1. The fourth-order valence-corrected chi connectivity index (χ4v) is 8.64. The number of benzene rings is 7. The first-order valence-electron chi connectivity index (χ1n) is 19.1. The Labute approximate surface area is 318 Å². The van der Waals surface area contributed by atoms with Crippen LogP contribution in [-0.2, 0) is 6.42 Å². The Morgan fingerprint density at radius 1 is 0.545 bits per heavy atom. The van der Waals surface area contributed by atoms with Gasteiger partial charge in [-0.25, -0.2) is 15.0 Å². The molecule has 0 N–H and O–H groups in total. The number of aryl methyl sites for hydroxylation is 1. The van der Waals surface area contributed by atoms with Crippen LogP contribution in [-0.4, -0.2) is 15.0 Å². The molecule has 260 valence electrons. The standard InChI is InChI=1S/C51H35N3O/c1-2-10-32(11-3-1)34-20-23-36(24-21-34)43-16-8-18-45-47(43)48-44(17-9-19-46(48)55-45)51-53-49(39-27-22-33-12-4-5-14-37(33)30-39)52-50(54-51)40-28-29-42-38(31-40)26-25-35-13-6-7-15-41(35)42/h1-23,25-27,30-31,36H,24,28-29H2. The van der Waals surface area contributed by atoms with Gasteiger partial charge in [-0.05, 0) is 98.5 Å². The normalized spacial score (nSPS) is 15.4. The first kappa shape index (κ1) is 31.6. The minimum absolute atomic E-state index is 0.204. The van der Waals surface area contributed by atoms with E-state index in [-0.39, 0.29) is 5.92 Å². The van der Waals surface area contributed by atoms with Gasteiger partial charge in [-0.3, -0.25) is 0 Å². The van der Waals surface area contributed by atoms with Crippen LogP contribution in [0.4, 0.5) is 0 Å². The molecule has 9 aromatic rings. The highest BCUT2D eigenvalue weighted by atomic mass is 16.3. The van der Waals surface area contributed by atoms with E-state index in [0.29, 0.717) is 17.5 Å². The average Bonchev–Trinajstić information content (AvgIpc) is 3.65. The van der Waals surface area contributed by atoms with Crippen LogP contribution >= 0.6 is 0 Å². The highest BCUT2D eigenvalue weighted by Crippen LogP contribution is 2.43. The van der Waals surface area contributed by atoms with Gasteiger partial charge < -0.3 is 4.42 Å². The lowest BCUT2D eigenvalue weighted by Crippen LogP contribution is -2.07. The molecule has 0 radical (unpaired) electrons. The second-order valence-electron chi connectivity index (χ2n) is 14.6. The Balaban J connectivity index is 1.09. The molecule has 2 aromatic heterocycles. The highest BCUT2D eigenvalue weighted by molar-refractivity contribution is 6.13. The zero-order chi connectivity index (χ0) is 36.3. The highest BCUT2D eigenvalue weighted by Gasteiger charge is 2.24. The third kappa shape index (κ3) is 5.49. The molecular formula is C51H35N3O. The second-order valence-corrected chi connectivity index (χ2v) is 14.6. The largest absolute Gasteiger partial charge is 0.456 e. The number of allylic oxidation sites excluding steroid dienone is 5. The van der Waals surface area contributed by atoms with Crippen LogP contribution in [0.15, 0.2) is 168 Å². The molecule has 2 heterocycles. The molecule has 4 heteroatoms. The second kappa shape index (κ2) is 12.9. The fourth-order valence-electron chi connectivity index (χ4n) is 8.64. The lowest BCUT2D eigenvalue weighted by molar-refractivity contribution is 0.668. The Morgan fingerprint density at radius 2 is 1.29 bits per heavy atom. The molecule has 2 aliphatic carbocycles. The van der Waals surface area contributed by atoms with Crippen molar-refractivity contribution in [1.82, 2.24) is 15.0 Å². The number of aromatic nitrogens is 3. The number of furan rings is 1. The van der Waals surface area contributed by atoms with Gasteiger partial charge in [-0.15, -0.1) is 0 Å². The van der Waals surface area contributed by atoms with Crippen molar-refractivity contribution in [3.8, 4) is 22.8 Å². The molecule has 0 spiro atoms. The molecule has 1 atom stereocenters. The zero-order valence-electron chi connectivity index (χ0n) is 30.1. The van der Waals surface area contributed by atoms with Gasteiger partial charge in [0.2, 0.25) is 0 Å². The van der Waals surface area contributed by atoms with Gasteiger partial charge in [0.25, 0.3) is 0 Å². The number of nitrogens with zero attached hydrogens (tertiary/aromatic N) is 3. The van der Waals surface area contributed by atoms with E-state index in [9.17, 15) is 0 Å². The van der Waals surface area contributed by atoms with Gasteiger partial charge in [0.1, 0.15) is 11.2 Å². The third-order valence-electron chi connectivity index (χ3n) is 11.4. The van der Waals surface area contributed by atoms with Crippen LogP contribution in [0, 0.1) is 0 Å². The first-order chi connectivity index (χ1) is 27.2. The molecule has 0 amide bonds. The van der Waals surface area contributed by atoms with Gasteiger partial charge in [0.15, 0.2) is 17.5 Å². The van der Waals surface area contributed by atoms with Crippen LogP contribution in [0.1, 0.15) is 46.8 Å². The van der Waals surface area contributed by atoms with Crippen LogP contribution in [0.5, 0.6) is 0 Å². The summed E-state index contributed by atoms with van der Waals surface area (Å²) < 4.78 is 6.60. The summed E-state index contributed by atoms with van der Waals surface area (Å²) in [6, 6.07) is 51.3. The fraction of sp³-hybridized carbons (Fsp3) is 0.0784. The lowest BCUT2D eigenvalue weighted by atomic mass is 9.86. The zero-order valence-corrected chi connectivity index (χ0v) is 30.1. The van der Waals surface area contributed by atoms with Crippen LogP contribution < -0.4 is 0 Å². The van der Waals surface area contributed by atoms with E-state index in [1.54, 1.807) is 0 Å². The molecule has 0 bridgehead atoms. The molecule has 2 aliphatic rings. The molecule has 1 unspecified atom stereocenters. The quantitative estimate of drug-likeness (QED) is 0.179. The van der Waals surface area contributed by atoms with Gasteiger partial charge in [0, 0.05) is 27.8 Å². The van der Waals surface area contributed by atoms with Crippen LogP contribution in [0.25, 0.3) is 83.5 Å². The summed E-state index contributed by atoms with van der Waals surface area (Å²) in [6.07, 6.45) is 11.9. The Hall–Kier alpha value is -6.91. The predicted molar refractivity (Wildman–Crippen MR) is 227 cm³/mol. The molecule has 55 heavy (non-hydrogen) atoms. The van der Waals surface area contributed by atoms with Gasteiger partial charge >= 0.3 is 0 Å². The summed E-state index contributed by atoms with van der Waals surface area (Å²) in [5, 5.41) is 7.08. The van der Waals surface area contributed by atoms with E-state index in [1.165, 1.54) is 44.0 Å². The van der Waals surface area contributed by atoms with Crippen molar-refractivity contribution < 1.29 is 4.42 Å². The van der Waals surface area contributed by atoms with Crippen molar-refractivity contribution >= 4 is 60.7 Å². The summed E-state index contributed by atoms with van der Waals surface area (Å²) in [7, 11) is 0. The maximum Gasteiger partial charge on any atom is 0.164 e. The SMILES string of the molecule is C1=CC(c2cccc3oc4cccc(-c5nc(C6=Cc7ccc8ccccc8c7CC6)nc(-c6ccc7ccccc7c6)n5)c4c23)CC=C1c1ccccc1. The van der Waals surface area contributed by atoms with Crippen molar-refractivity contribution in [3.05, 3.63) is 192 Å². The van der Waals surface area contributed by atoms with Crippen LogP contribution in [0.2, 0.25) is 0 Å². The molecule has 0 saturated carbocycles. The number of hydrogen-bond donors (Lipinski definition) is 0. The molecule has 4 nitrogen and oxygen atoms in total. The topological polar surface area (TPSA) is 51.8 Å². The molecule has 0 fully saturated rings. The third-order valence-corrected chi connectivity index (χ3v) is 11.4. The van der Waals surface area contributed by atoms with E-state index in [4.69, 9.17) is 19.4 Å². The molecule has 7 aromatic carbocycles. The van der Waals surface area contributed by atoms with E-state index in [2.05, 4.69) is 170 Å². The summed E-state index contributed by atoms with van der Waals surface area (Å²) in [4.78, 5) is 15.8.